The zero-order valence-corrected chi connectivity index (χ0v) is 30.9. The molecule has 0 aromatic rings. The molecule has 3 fully saturated rings. The molecule has 1 saturated heterocycles. The fourth-order valence-electron chi connectivity index (χ4n) is 7.05. The van der Waals surface area contributed by atoms with Gasteiger partial charge in [-0.3, -0.25) is 0 Å². The third kappa shape index (κ3) is 8.13. The fraction of sp³-hybridized carbons (Fsp3) is 0.939. The minimum atomic E-state index is -2.37. The Hall–Kier alpha value is 0.636. The van der Waals surface area contributed by atoms with Gasteiger partial charge in [0.25, 0.3) is 0 Å². The number of unbranched alkanes of at least 4 members (excludes halogenated alkanes) is 3. The SMILES string of the molecule is CCC[CH2][Sn](/[CH]=C/[C@@H]1[C@H]2CC3(C[C@H]2C[C@H]1O[Si](C)(C)C(C)(C)C)OCC(C)(C)CO3)([CH2]CCC)[CH2]CCC. The van der Waals surface area contributed by atoms with Crippen LogP contribution < -0.4 is 0 Å². The van der Waals surface area contributed by atoms with Gasteiger partial charge in [0.15, 0.2) is 0 Å². The van der Waals surface area contributed by atoms with Crippen LogP contribution in [0, 0.1) is 23.2 Å². The van der Waals surface area contributed by atoms with Crippen molar-refractivity contribution < 1.29 is 13.9 Å². The van der Waals surface area contributed by atoms with Gasteiger partial charge in [0.2, 0.25) is 0 Å². The maximum atomic E-state index is 7.26. The Labute approximate surface area is 242 Å². The zero-order chi connectivity index (χ0) is 28.2. The second-order valence-corrected chi connectivity index (χ2v) is 33.5. The average Bonchev–Trinajstić information content (AvgIpc) is 3.33. The third-order valence-electron chi connectivity index (χ3n) is 10.6. The minimum absolute atomic E-state index is 0.127. The quantitative estimate of drug-likeness (QED) is 0.185. The molecule has 3 rings (SSSR count). The second kappa shape index (κ2) is 13.3. The molecule has 222 valence electrons. The Morgan fingerprint density at radius 1 is 0.895 bits per heavy atom. The van der Waals surface area contributed by atoms with Gasteiger partial charge in [-0.25, -0.2) is 0 Å². The summed E-state index contributed by atoms with van der Waals surface area (Å²) in [6.45, 7) is 25.4. The Morgan fingerprint density at radius 3 is 1.89 bits per heavy atom. The molecule has 0 radical (unpaired) electrons. The van der Waals surface area contributed by atoms with E-state index in [1.54, 1.807) is 13.3 Å². The summed E-state index contributed by atoms with van der Waals surface area (Å²) in [5.74, 6) is 1.48. The van der Waals surface area contributed by atoms with E-state index in [0.29, 0.717) is 23.9 Å². The second-order valence-electron chi connectivity index (χ2n) is 15.7. The van der Waals surface area contributed by atoms with Crippen LogP contribution in [0.5, 0.6) is 0 Å². The van der Waals surface area contributed by atoms with E-state index < -0.39 is 26.7 Å². The van der Waals surface area contributed by atoms with E-state index in [2.05, 4.69) is 78.7 Å². The molecule has 0 N–H and O–H groups in total. The summed E-state index contributed by atoms with van der Waals surface area (Å²) < 4.78 is 27.9. The molecular weight excluding hydrogens is 591 g/mol. The summed E-state index contributed by atoms with van der Waals surface area (Å²) in [6, 6.07) is 0. The number of ether oxygens (including phenoxy) is 2. The molecule has 1 aliphatic heterocycles. The normalized spacial score (nSPS) is 29.4. The van der Waals surface area contributed by atoms with E-state index in [9.17, 15) is 0 Å². The van der Waals surface area contributed by atoms with Crippen LogP contribution in [0.3, 0.4) is 0 Å². The predicted molar refractivity (Wildman–Crippen MR) is 169 cm³/mol. The zero-order valence-electron chi connectivity index (χ0n) is 27.1. The Morgan fingerprint density at radius 2 is 1.42 bits per heavy atom. The van der Waals surface area contributed by atoms with Crippen molar-refractivity contribution in [2.45, 2.75) is 157 Å². The van der Waals surface area contributed by atoms with Gasteiger partial charge >= 0.3 is 244 Å². The molecule has 0 aromatic carbocycles. The third-order valence-corrected chi connectivity index (χ3v) is 29.3. The Bertz CT molecular complexity index is 739. The van der Waals surface area contributed by atoms with E-state index in [-0.39, 0.29) is 16.2 Å². The molecule has 3 aliphatic rings. The monoisotopic (exact) mass is 656 g/mol. The summed E-state index contributed by atoms with van der Waals surface area (Å²) in [5.41, 5.74) is 0.127. The van der Waals surface area contributed by atoms with Crippen LogP contribution in [-0.4, -0.2) is 51.8 Å². The topological polar surface area (TPSA) is 27.7 Å². The number of hydrogen-bond donors (Lipinski definition) is 0. The summed E-state index contributed by atoms with van der Waals surface area (Å²) >= 11 is -2.37. The summed E-state index contributed by atoms with van der Waals surface area (Å²) in [5, 5.41) is 0.244. The first kappa shape index (κ1) is 33.1. The van der Waals surface area contributed by atoms with Gasteiger partial charge < -0.3 is 0 Å². The molecule has 0 amide bonds. The van der Waals surface area contributed by atoms with E-state index in [1.165, 1.54) is 44.9 Å². The van der Waals surface area contributed by atoms with Crippen LogP contribution in [0.4, 0.5) is 0 Å². The van der Waals surface area contributed by atoms with Gasteiger partial charge in [0.1, 0.15) is 0 Å². The van der Waals surface area contributed by atoms with Gasteiger partial charge in [-0.1, -0.05) is 0 Å². The van der Waals surface area contributed by atoms with Gasteiger partial charge in [-0.2, -0.15) is 0 Å². The molecule has 2 saturated carbocycles. The number of rotatable bonds is 13. The average molecular weight is 656 g/mol. The maximum absolute atomic E-state index is 7.26. The summed E-state index contributed by atoms with van der Waals surface area (Å²) in [7, 11) is -1.84. The van der Waals surface area contributed by atoms with Crippen LogP contribution in [-0.2, 0) is 13.9 Å². The van der Waals surface area contributed by atoms with Gasteiger partial charge in [0.05, 0.1) is 0 Å². The molecular formula is C33H64O3SiSn. The number of hydrogen-bond acceptors (Lipinski definition) is 3. The van der Waals surface area contributed by atoms with Crippen LogP contribution in [0.15, 0.2) is 10.2 Å². The molecule has 1 heterocycles. The van der Waals surface area contributed by atoms with Crippen LogP contribution in [0.2, 0.25) is 31.4 Å². The van der Waals surface area contributed by atoms with Crippen molar-refractivity contribution in [3.63, 3.8) is 0 Å². The van der Waals surface area contributed by atoms with Gasteiger partial charge in [-0.15, -0.1) is 0 Å². The first-order chi connectivity index (χ1) is 17.7. The van der Waals surface area contributed by atoms with Crippen molar-refractivity contribution in [2.75, 3.05) is 13.2 Å². The first-order valence-electron chi connectivity index (χ1n) is 16.4. The van der Waals surface area contributed by atoms with Crippen molar-refractivity contribution in [3.8, 4) is 0 Å². The van der Waals surface area contributed by atoms with Crippen molar-refractivity contribution in [1.29, 1.82) is 0 Å². The Balaban J connectivity index is 1.90. The van der Waals surface area contributed by atoms with Crippen molar-refractivity contribution in [3.05, 3.63) is 10.2 Å². The molecule has 0 aromatic heterocycles. The van der Waals surface area contributed by atoms with E-state index in [1.807, 2.05) is 0 Å². The van der Waals surface area contributed by atoms with E-state index >= 15 is 0 Å². The summed E-state index contributed by atoms with van der Waals surface area (Å²) in [6.07, 6.45) is 14.7. The van der Waals surface area contributed by atoms with Crippen LogP contribution >= 0.6 is 0 Å². The summed E-state index contributed by atoms with van der Waals surface area (Å²) in [4.78, 5) is 0. The molecule has 5 heteroatoms. The van der Waals surface area contributed by atoms with Crippen LogP contribution in [0.1, 0.15) is 113 Å². The fourth-order valence-corrected chi connectivity index (χ4v) is 22.8. The first-order valence-corrected chi connectivity index (χ1v) is 27.0. The van der Waals surface area contributed by atoms with Crippen molar-refractivity contribution in [2.24, 2.45) is 23.2 Å². The predicted octanol–water partition coefficient (Wildman–Crippen LogP) is 10.1. The van der Waals surface area contributed by atoms with Crippen LogP contribution in [0.25, 0.3) is 0 Å². The van der Waals surface area contributed by atoms with Gasteiger partial charge in [0, 0.05) is 0 Å². The molecule has 0 bridgehead atoms. The molecule has 2 aliphatic carbocycles. The van der Waals surface area contributed by atoms with E-state index in [4.69, 9.17) is 13.9 Å². The van der Waals surface area contributed by atoms with Crippen molar-refractivity contribution in [1.82, 2.24) is 0 Å². The standard InChI is InChI=1S/C21H37O3Si.3C4H9.Sn/c1-9-16-17-12-21(22-13-20(5,6)14-23-21)11-15(17)10-18(16)24-25(7,8)19(2,3)4;3*1-3-4-2;/h1,9,15-18H,10-14H2,2-8H3;3*1,3-4H2,2H3;/t15-,16-,17+,18-;;;;/m1..../s1. The molecule has 0 unspecified atom stereocenters. The van der Waals surface area contributed by atoms with Crippen molar-refractivity contribution >= 4 is 26.7 Å². The molecule has 4 atom stereocenters. The molecule has 38 heavy (non-hydrogen) atoms. The number of fused-ring (bicyclic) bond motifs is 1. The van der Waals surface area contributed by atoms with E-state index in [0.717, 1.165) is 26.1 Å². The molecule has 1 spiro atoms. The van der Waals surface area contributed by atoms with Gasteiger partial charge in [-0.05, 0) is 0 Å². The Kier molecular flexibility index (Phi) is 11.6. The molecule has 3 nitrogen and oxygen atoms in total.